The molecule has 20 heavy (non-hydrogen) atoms. The van der Waals surface area contributed by atoms with E-state index in [9.17, 15) is 8.42 Å². The van der Waals surface area contributed by atoms with Gasteiger partial charge in [-0.25, -0.2) is 8.42 Å². The molecule has 0 radical (unpaired) electrons. The second-order valence-corrected chi connectivity index (χ2v) is 6.87. The van der Waals surface area contributed by atoms with Crippen molar-refractivity contribution in [3.63, 3.8) is 0 Å². The van der Waals surface area contributed by atoms with E-state index >= 15 is 0 Å². The number of benzene rings is 2. The van der Waals surface area contributed by atoms with Crippen LogP contribution in [0.3, 0.4) is 0 Å². The fourth-order valence-corrected chi connectivity index (χ4v) is 4.35. The molecule has 0 saturated heterocycles. The van der Waals surface area contributed by atoms with E-state index in [1.807, 2.05) is 31.2 Å². The standard InChI is InChI=1S/C15H16N2O2S/c1-11-10-12-4-2-3-5-15(12)17(11)20(18,19)14-8-6-13(16)7-9-14/h2-9,11H,10,16H2,1H3. The number of para-hydroxylation sites is 1. The highest BCUT2D eigenvalue weighted by molar-refractivity contribution is 7.92. The number of nitrogens with two attached hydrogens (primary N) is 1. The summed E-state index contributed by atoms with van der Waals surface area (Å²) >= 11 is 0. The third-order valence-electron chi connectivity index (χ3n) is 3.58. The minimum Gasteiger partial charge on any atom is -0.399 e. The van der Waals surface area contributed by atoms with Crippen LogP contribution < -0.4 is 10.0 Å². The fraction of sp³-hybridized carbons (Fsp3) is 0.200. The van der Waals surface area contributed by atoms with Crippen molar-refractivity contribution in [3.8, 4) is 0 Å². The highest BCUT2D eigenvalue weighted by Crippen LogP contribution is 2.36. The van der Waals surface area contributed by atoms with Crippen molar-refractivity contribution in [2.24, 2.45) is 0 Å². The summed E-state index contributed by atoms with van der Waals surface area (Å²) in [7, 11) is -3.54. The second kappa shape index (κ2) is 4.52. The van der Waals surface area contributed by atoms with Crippen molar-refractivity contribution in [1.82, 2.24) is 0 Å². The second-order valence-electron chi connectivity index (χ2n) is 5.05. The lowest BCUT2D eigenvalue weighted by Gasteiger charge is -2.24. The topological polar surface area (TPSA) is 63.4 Å². The van der Waals surface area contributed by atoms with Crippen molar-refractivity contribution in [1.29, 1.82) is 0 Å². The van der Waals surface area contributed by atoms with Crippen LogP contribution in [0.15, 0.2) is 53.4 Å². The molecule has 5 heteroatoms. The van der Waals surface area contributed by atoms with Gasteiger partial charge in [0.1, 0.15) is 0 Å². The van der Waals surface area contributed by atoms with Crippen LogP contribution in [-0.4, -0.2) is 14.5 Å². The van der Waals surface area contributed by atoms with Gasteiger partial charge in [-0.15, -0.1) is 0 Å². The molecule has 1 unspecified atom stereocenters. The van der Waals surface area contributed by atoms with Crippen LogP contribution in [0.5, 0.6) is 0 Å². The van der Waals surface area contributed by atoms with Crippen molar-refractivity contribution in [2.75, 3.05) is 10.0 Å². The van der Waals surface area contributed by atoms with Gasteiger partial charge in [-0.3, -0.25) is 4.31 Å². The Morgan fingerprint density at radius 2 is 1.75 bits per heavy atom. The minimum absolute atomic E-state index is 0.0741. The minimum atomic E-state index is -3.54. The van der Waals surface area contributed by atoms with Gasteiger partial charge in [0.15, 0.2) is 0 Å². The number of rotatable bonds is 2. The van der Waals surface area contributed by atoms with Crippen LogP contribution in [0, 0.1) is 0 Å². The summed E-state index contributed by atoms with van der Waals surface area (Å²) in [6.45, 7) is 1.93. The van der Waals surface area contributed by atoms with Gasteiger partial charge in [-0.05, 0) is 49.2 Å². The van der Waals surface area contributed by atoms with Gasteiger partial charge in [0, 0.05) is 11.7 Å². The predicted octanol–water partition coefficient (Wildman–Crippen LogP) is 2.41. The molecule has 2 aromatic carbocycles. The van der Waals surface area contributed by atoms with Crippen LogP contribution >= 0.6 is 0 Å². The van der Waals surface area contributed by atoms with Gasteiger partial charge >= 0.3 is 0 Å². The maximum atomic E-state index is 12.8. The van der Waals surface area contributed by atoms with E-state index in [0.29, 0.717) is 5.69 Å². The number of nitrogens with zero attached hydrogens (tertiary/aromatic N) is 1. The number of nitrogen functional groups attached to an aromatic ring is 1. The number of hydrogen-bond acceptors (Lipinski definition) is 3. The molecule has 0 aromatic heterocycles. The van der Waals surface area contributed by atoms with Crippen molar-refractivity contribution >= 4 is 21.4 Å². The zero-order valence-electron chi connectivity index (χ0n) is 11.2. The molecule has 0 aliphatic carbocycles. The van der Waals surface area contributed by atoms with Crippen molar-refractivity contribution < 1.29 is 8.42 Å². The Hall–Kier alpha value is -2.01. The first-order valence-corrected chi connectivity index (χ1v) is 7.92. The summed E-state index contributed by atoms with van der Waals surface area (Å²) in [5, 5.41) is 0. The lowest BCUT2D eigenvalue weighted by Crippen LogP contribution is -2.35. The molecule has 4 nitrogen and oxygen atoms in total. The third kappa shape index (κ3) is 1.94. The van der Waals surface area contributed by atoms with Crippen LogP contribution in [0.4, 0.5) is 11.4 Å². The maximum Gasteiger partial charge on any atom is 0.264 e. The molecule has 0 bridgehead atoms. The lowest BCUT2D eigenvalue weighted by atomic mass is 10.1. The van der Waals surface area contributed by atoms with E-state index < -0.39 is 10.0 Å². The largest absolute Gasteiger partial charge is 0.399 e. The summed E-state index contributed by atoms with van der Waals surface area (Å²) in [6, 6.07) is 13.9. The van der Waals surface area contributed by atoms with Crippen LogP contribution in [0.25, 0.3) is 0 Å². The number of hydrogen-bond donors (Lipinski definition) is 1. The van der Waals surface area contributed by atoms with E-state index in [1.165, 1.54) is 4.31 Å². The number of fused-ring (bicyclic) bond motifs is 1. The normalized spacial score (nSPS) is 18.1. The van der Waals surface area contributed by atoms with Crippen molar-refractivity contribution in [2.45, 2.75) is 24.3 Å². The Bertz CT molecular complexity index is 739. The van der Waals surface area contributed by atoms with E-state index in [1.54, 1.807) is 24.3 Å². The van der Waals surface area contributed by atoms with Crippen LogP contribution in [0.1, 0.15) is 12.5 Å². The third-order valence-corrected chi connectivity index (χ3v) is 5.52. The Kier molecular flexibility index (Phi) is 2.94. The zero-order valence-corrected chi connectivity index (χ0v) is 12.0. The first-order chi connectivity index (χ1) is 9.50. The number of anilines is 2. The van der Waals surface area contributed by atoms with Gasteiger partial charge in [0.25, 0.3) is 10.0 Å². The Balaban J connectivity index is 2.10. The van der Waals surface area contributed by atoms with Crippen molar-refractivity contribution in [3.05, 3.63) is 54.1 Å². The summed E-state index contributed by atoms with van der Waals surface area (Å²) < 4.78 is 27.1. The Labute approximate surface area is 118 Å². The lowest BCUT2D eigenvalue weighted by molar-refractivity contribution is 0.584. The number of sulfonamides is 1. The van der Waals surface area contributed by atoms with Crippen LogP contribution in [-0.2, 0) is 16.4 Å². The average molecular weight is 288 g/mol. The first-order valence-electron chi connectivity index (χ1n) is 6.48. The molecule has 1 atom stereocenters. The maximum absolute atomic E-state index is 12.8. The molecule has 0 spiro atoms. The summed E-state index contributed by atoms with van der Waals surface area (Å²) in [6.07, 6.45) is 0.740. The molecule has 0 fully saturated rings. The molecular formula is C15H16N2O2S. The monoisotopic (exact) mass is 288 g/mol. The Morgan fingerprint density at radius 1 is 1.10 bits per heavy atom. The highest BCUT2D eigenvalue weighted by Gasteiger charge is 2.35. The molecule has 1 aliphatic heterocycles. The molecular weight excluding hydrogens is 272 g/mol. The molecule has 104 valence electrons. The molecule has 0 amide bonds. The van der Waals surface area contributed by atoms with E-state index in [-0.39, 0.29) is 10.9 Å². The SMILES string of the molecule is CC1Cc2ccccc2N1S(=O)(=O)c1ccc(N)cc1. The molecule has 0 saturated carbocycles. The predicted molar refractivity (Wildman–Crippen MR) is 80.1 cm³/mol. The van der Waals surface area contributed by atoms with Gasteiger partial charge in [0.2, 0.25) is 0 Å². The van der Waals surface area contributed by atoms with Crippen LogP contribution in [0.2, 0.25) is 0 Å². The van der Waals surface area contributed by atoms with Gasteiger partial charge in [-0.1, -0.05) is 18.2 Å². The summed E-state index contributed by atoms with van der Waals surface area (Å²) in [4.78, 5) is 0.273. The zero-order chi connectivity index (χ0) is 14.3. The molecule has 2 N–H and O–H groups in total. The molecule has 3 rings (SSSR count). The van der Waals surface area contributed by atoms with Gasteiger partial charge < -0.3 is 5.73 Å². The van der Waals surface area contributed by atoms with E-state index in [2.05, 4.69) is 0 Å². The summed E-state index contributed by atoms with van der Waals surface area (Å²) in [5.41, 5.74) is 8.02. The Morgan fingerprint density at radius 3 is 2.45 bits per heavy atom. The van der Waals surface area contributed by atoms with Gasteiger partial charge in [0.05, 0.1) is 10.6 Å². The fourth-order valence-electron chi connectivity index (χ4n) is 2.66. The molecule has 1 heterocycles. The molecule has 2 aromatic rings. The average Bonchev–Trinajstić information content (AvgIpc) is 2.75. The smallest absolute Gasteiger partial charge is 0.264 e. The quantitative estimate of drug-likeness (QED) is 0.863. The summed E-state index contributed by atoms with van der Waals surface area (Å²) in [5.74, 6) is 0. The van der Waals surface area contributed by atoms with E-state index in [0.717, 1.165) is 17.7 Å². The van der Waals surface area contributed by atoms with Gasteiger partial charge in [-0.2, -0.15) is 0 Å². The van der Waals surface area contributed by atoms with E-state index in [4.69, 9.17) is 5.73 Å². The highest BCUT2D eigenvalue weighted by atomic mass is 32.2. The molecule has 1 aliphatic rings. The first kappa shape index (κ1) is 13.0.